The molecular formula is C13H16O4. The van der Waals surface area contributed by atoms with Crippen LogP contribution >= 0.6 is 0 Å². The Morgan fingerprint density at radius 3 is 3.06 bits per heavy atom. The number of hydrogen-bond donors (Lipinski definition) is 0. The van der Waals surface area contributed by atoms with Crippen LogP contribution in [0.3, 0.4) is 0 Å². The molecule has 0 aromatic heterocycles. The molecule has 0 aromatic carbocycles. The lowest BCUT2D eigenvalue weighted by atomic mass is 9.72. The average Bonchev–Trinajstić information content (AvgIpc) is 2.88. The molecule has 3 fully saturated rings. The van der Waals surface area contributed by atoms with E-state index in [4.69, 9.17) is 9.47 Å². The predicted molar refractivity (Wildman–Crippen MR) is 58.9 cm³/mol. The first kappa shape index (κ1) is 10.8. The lowest BCUT2D eigenvalue weighted by molar-refractivity contribution is -0.164. The van der Waals surface area contributed by atoms with Crippen LogP contribution < -0.4 is 0 Å². The minimum atomic E-state index is -0.627. The van der Waals surface area contributed by atoms with Gasteiger partial charge in [-0.25, -0.2) is 4.79 Å². The van der Waals surface area contributed by atoms with Crippen molar-refractivity contribution in [2.45, 2.75) is 31.8 Å². The third-order valence-electron chi connectivity index (χ3n) is 4.82. The Labute approximate surface area is 100.0 Å². The topological polar surface area (TPSA) is 52.6 Å². The van der Waals surface area contributed by atoms with E-state index in [-0.39, 0.29) is 23.2 Å². The number of carbonyl (C=O) groups is 2. The highest BCUT2D eigenvalue weighted by atomic mass is 16.6. The molecule has 4 unspecified atom stereocenters. The molecule has 4 heteroatoms. The molecule has 3 rings (SSSR count). The van der Waals surface area contributed by atoms with Crippen LogP contribution in [0.15, 0.2) is 12.7 Å². The van der Waals surface area contributed by atoms with Gasteiger partial charge in [-0.15, -0.1) is 0 Å². The van der Waals surface area contributed by atoms with Crippen molar-refractivity contribution in [2.24, 2.45) is 17.3 Å². The Bertz CT molecular complexity index is 416. The maximum absolute atomic E-state index is 11.8. The minimum absolute atomic E-state index is 0.0816. The second-order valence-electron chi connectivity index (χ2n) is 5.74. The number of fused-ring (bicyclic) bond motifs is 5. The third-order valence-corrected chi connectivity index (χ3v) is 4.82. The Morgan fingerprint density at radius 1 is 1.59 bits per heavy atom. The highest BCUT2D eigenvalue weighted by Crippen LogP contribution is 2.65. The van der Waals surface area contributed by atoms with E-state index in [9.17, 15) is 9.59 Å². The second kappa shape index (κ2) is 3.12. The lowest BCUT2D eigenvalue weighted by Gasteiger charge is -2.33. The van der Waals surface area contributed by atoms with E-state index >= 15 is 0 Å². The summed E-state index contributed by atoms with van der Waals surface area (Å²) in [6.45, 7) is 6.06. The van der Waals surface area contributed by atoms with Crippen LogP contribution in [0.4, 0.5) is 0 Å². The Kier molecular flexibility index (Phi) is 1.98. The SMILES string of the molecule is C=CC(=O)OC12CCC(C)(C1)C1COC(=O)C12. The van der Waals surface area contributed by atoms with Crippen LogP contribution in [0.5, 0.6) is 0 Å². The summed E-state index contributed by atoms with van der Waals surface area (Å²) in [5.41, 5.74) is -0.545. The van der Waals surface area contributed by atoms with Gasteiger partial charge in [0.25, 0.3) is 0 Å². The van der Waals surface area contributed by atoms with Gasteiger partial charge in [-0.2, -0.15) is 0 Å². The number of hydrogen-bond acceptors (Lipinski definition) is 4. The van der Waals surface area contributed by atoms with Crippen molar-refractivity contribution in [1.82, 2.24) is 0 Å². The fourth-order valence-electron chi connectivity index (χ4n) is 4.04. The Balaban J connectivity index is 1.97. The summed E-state index contributed by atoms with van der Waals surface area (Å²) >= 11 is 0. The fourth-order valence-corrected chi connectivity index (χ4v) is 4.04. The maximum Gasteiger partial charge on any atom is 0.330 e. The lowest BCUT2D eigenvalue weighted by Crippen LogP contribution is -2.42. The van der Waals surface area contributed by atoms with Crippen molar-refractivity contribution in [2.75, 3.05) is 6.61 Å². The van der Waals surface area contributed by atoms with Crippen LogP contribution in [0.1, 0.15) is 26.2 Å². The molecule has 2 saturated carbocycles. The van der Waals surface area contributed by atoms with Crippen LogP contribution in [-0.4, -0.2) is 24.1 Å². The molecule has 4 nitrogen and oxygen atoms in total. The maximum atomic E-state index is 11.8. The first-order valence-corrected chi connectivity index (χ1v) is 6.03. The first-order chi connectivity index (χ1) is 8.01. The molecular weight excluding hydrogens is 220 g/mol. The molecule has 2 aliphatic carbocycles. The summed E-state index contributed by atoms with van der Waals surface area (Å²) in [6.07, 6.45) is 3.70. The van der Waals surface area contributed by atoms with Gasteiger partial charge in [0.15, 0.2) is 0 Å². The van der Waals surface area contributed by atoms with Gasteiger partial charge in [0.05, 0.1) is 6.61 Å². The van der Waals surface area contributed by atoms with Gasteiger partial charge in [0.1, 0.15) is 11.5 Å². The summed E-state index contributed by atoms with van der Waals surface area (Å²) < 4.78 is 10.7. The standard InChI is InChI=1S/C13H16O4/c1-3-9(14)17-13-5-4-12(2,7-13)8-6-16-11(15)10(8)13/h3,8,10H,1,4-7H2,2H3. The van der Waals surface area contributed by atoms with E-state index in [2.05, 4.69) is 13.5 Å². The summed E-state index contributed by atoms with van der Waals surface area (Å²) in [7, 11) is 0. The number of carbonyl (C=O) groups excluding carboxylic acids is 2. The number of rotatable bonds is 2. The first-order valence-electron chi connectivity index (χ1n) is 6.03. The average molecular weight is 236 g/mol. The third kappa shape index (κ3) is 1.24. The highest BCUT2D eigenvalue weighted by Gasteiger charge is 2.70. The highest BCUT2D eigenvalue weighted by molar-refractivity contribution is 5.83. The zero-order valence-corrected chi connectivity index (χ0v) is 9.90. The van der Waals surface area contributed by atoms with E-state index in [1.807, 2.05) is 0 Å². The summed E-state index contributed by atoms with van der Waals surface area (Å²) in [5.74, 6) is -0.684. The van der Waals surface area contributed by atoms with Crippen molar-refractivity contribution in [3.8, 4) is 0 Å². The molecule has 1 saturated heterocycles. The van der Waals surface area contributed by atoms with E-state index < -0.39 is 11.6 Å². The molecule has 1 heterocycles. The van der Waals surface area contributed by atoms with E-state index in [0.717, 1.165) is 25.3 Å². The van der Waals surface area contributed by atoms with Gasteiger partial charge in [-0.1, -0.05) is 13.5 Å². The van der Waals surface area contributed by atoms with E-state index in [1.54, 1.807) is 0 Å². The largest absolute Gasteiger partial charge is 0.465 e. The molecule has 2 bridgehead atoms. The molecule has 4 atom stereocenters. The monoisotopic (exact) mass is 236 g/mol. The van der Waals surface area contributed by atoms with Crippen LogP contribution in [0.25, 0.3) is 0 Å². The normalized spacial score (nSPS) is 46.5. The Hall–Kier alpha value is -1.32. The fraction of sp³-hybridized carbons (Fsp3) is 0.692. The molecule has 0 amide bonds. The molecule has 1 aliphatic heterocycles. The van der Waals surface area contributed by atoms with Gasteiger partial charge in [-0.3, -0.25) is 4.79 Å². The zero-order valence-electron chi connectivity index (χ0n) is 9.90. The van der Waals surface area contributed by atoms with Crippen LogP contribution in [0, 0.1) is 17.3 Å². The smallest absolute Gasteiger partial charge is 0.330 e. The predicted octanol–water partition coefficient (Wildman–Crippen LogP) is 1.45. The van der Waals surface area contributed by atoms with Gasteiger partial charge in [0.2, 0.25) is 0 Å². The molecule has 0 N–H and O–H groups in total. The van der Waals surface area contributed by atoms with Crippen molar-refractivity contribution in [1.29, 1.82) is 0 Å². The molecule has 0 aromatic rings. The van der Waals surface area contributed by atoms with Crippen molar-refractivity contribution in [3.63, 3.8) is 0 Å². The van der Waals surface area contributed by atoms with Gasteiger partial charge >= 0.3 is 11.9 Å². The van der Waals surface area contributed by atoms with Crippen LogP contribution in [-0.2, 0) is 19.1 Å². The Morgan fingerprint density at radius 2 is 2.35 bits per heavy atom. The van der Waals surface area contributed by atoms with E-state index in [1.165, 1.54) is 0 Å². The van der Waals surface area contributed by atoms with Crippen molar-refractivity contribution in [3.05, 3.63) is 12.7 Å². The van der Waals surface area contributed by atoms with Crippen LogP contribution in [0.2, 0.25) is 0 Å². The zero-order chi connectivity index (χ0) is 12.3. The number of cyclic esters (lactones) is 1. The molecule has 3 aliphatic rings. The summed E-state index contributed by atoms with van der Waals surface area (Å²) in [5, 5.41) is 0. The molecule has 17 heavy (non-hydrogen) atoms. The second-order valence-corrected chi connectivity index (χ2v) is 5.74. The quantitative estimate of drug-likeness (QED) is 0.538. The van der Waals surface area contributed by atoms with Gasteiger partial charge in [0, 0.05) is 12.0 Å². The molecule has 92 valence electrons. The summed E-state index contributed by atoms with van der Waals surface area (Å²) in [4.78, 5) is 23.3. The molecule has 0 spiro atoms. The molecule has 0 radical (unpaired) electrons. The van der Waals surface area contributed by atoms with E-state index in [0.29, 0.717) is 6.61 Å². The number of esters is 2. The van der Waals surface area contributed by atoms with Gasteiger partial charge < -0.3 is 9.47 Å². The summed E-state index contributed by atoms with van der Waals surface area (Å²) in [6, 6.07) is 0. The van der Waals surface area contributed by atoms with Gasteiger partial charge in [-0.05, 0) is 24.7 Å². The van der Waals surface area contributed by atoms with Crippen molar-refractivity contribution < 1.29 is 19.1 Å². The minimum Gasteiger partial charge on any atom is -0.465 e. The van der Waals surface area contributed by atoms with Crippen molar-refractivity contribution >= 4 is 11.9 Å². The number of ether oxygens (including phenoxy) is 2.